The summed E-state index contributed by atoms with van der Waals surface area (Å²) in [5, 5.41) is 9.25. The van der Waals surface area contributed by atoms with E-state index in [0.717, 1.165) is 25.9 Å². The minimum atomic E-state index is -0.554. The number of aromatic nitrogens is 3. The van der Waals surface area contributed by atoms with Gasteiger partial charge in [-0.05, 0) is 19.8 Å². The van der Waals surface area contributed by atoms with Crippen LogP contribution in [-0.2, 0) is 4.79 Å². The maximum absolute atomic E-state index is 12.1. The third-order valence-electron chi connectivity index (χ3n) is 3.39. The molecule has 1 saturated heterocycles. The molecule has 1 fully saturated rings. The van der Waals surface area contributed by atoms with E-state index in [0.29, 0.717) is 5.82 Å². The summed E-state index contributed by atoms with van der Waals surface area (Å²) < 4.78 is 0. The number of likely N-dealkylation sites (tertiary alicyclic amines) is 1. The third kappa shape index (κ3) is 3.15. The first-order chi connectivity index (χ1) is 9.49. The van der Waals surface area contributed by atoms with Gasteiger partial charge in [0.05, 0.1) is 0 Å². The monoisotopic (exact) mass is 279 g/mol. The van der Waals surface area contributed by atoms with E-state index in [1.807, 2.05) is 13.8 Å². The summed E-state index contributed by atoms with van der Waals surface area (Å²) in [6.07, 6.45) is 2.07. The molecule has 7 nitrogen and oxygen atoms in total. The minimum absolute atomic E-state index is 0.0459. The summed E-state index contributed by atoms with van der Waals surface area (Å²) in [6.45, 7) is 7.16. The lowest BCUT2D eigenvalue weighted by Gasteiger charge is -2.20. The smallest absolute Gasteiger partial charge is 0.291 e. The van der Waals surface area contributed by atoms with Crippen LogP contribution < -0.4 is 5.32 Å². The summed E-state index contributed by atoms with van der Waals surface area (Å²) in [5.41, 5.74) is 0. The molecular weight excluding hydrogens is 258 g/mol. The second kappa shape index (κ2) is 6.02. The number of carbonyl (C=O) groups is 2. The van der Waals surface area contributed by atoms with E-state index >= 15 is 0 Å². The van der Waals surface area contributed by atoms with E-state index in [4.69, 9.17) is 0 Å². The van der Waals surface area contributed by atoms with Gasteiger partial charge < -0.3 is 10.2 Å². The Morgan fingerprint density at radius 3 is 2.45 bits per heavy atom. The molecule has 2 heterocycles. The van der Waals surface area contributed by atoms with Crippen molar-refractivity contribution >= 4 is 11.8 Å². The normalized spacial score (nSPS) is 16.5. The first-order valence-electron chi connectivity index (χ1n) is 7.01. The van der Waals surface area contributed by atoms with Crippen LogP contribution in [-0.4, -0.2) is 51.0 Å². The highest BCUT2D eigenvalue weighted by Gasteiger charge is 2.25. The van der Waals surface area contributed by atoms with E-state index in [-0.39, 0.29) is 17.6 Å². The number of hydrogen-bond acceptors (Lipinski definition) is 4. The van der Waals surface area contributed by atoms with Crippen LogP contribution in [0.2, 0.25) is 0 Å². The minimum Gasteiger partial charge on any atom is -0.341 e. The maximum Gasteiger partial charge on any atom is 0.291 e. The number of amides is 2. The molecule has 0 saturated carbocycles. The molecule has 1 aliphatic heterocycles. The number of H-pyrrole nitrogens is 1. The van der Waals surface area contributed by atoms with Gasteiger partial charge in [0.2, 0.25) is 11.7 Å². The molecule has 0 spiro atoms. The van der Waals surface area contributed by atoms with Crippen molar-refractivity contribution in [3.8, 4) is 0 Å². The second-order valence-corrected chi connectivity index (χ2v) is 5.43. The standard InChI is InChI=1S/C13H21N5O2/c1-8(2)10-15-11(17-16-10)12(19)14-9(3)13(20)18-6-4-5-7-18/h8-9H,4-7H2,1-3H3,(H,14,19)(H,15,16,17). The fourth-order valence-electron chi connectivity index (χ4n) is 2.17. The summed E-state index contributed by atoms with van der Waals surface area (Å²) in [7, 11) is 0. The predicted molar refractivity (Wildman–Crippen MR) is 73.2 cm³/mol. The van der Waals surface area contributed by atoms with Crippen LogP contribution in [0, 0.1) is 0 Å². The van der Waals surface area contributed by atoms with Gasteiger partial charge in [-0.3, -0.25) is 14.7 Å². The second-order valence-electron chi connectivity index (χ2n) is 5.43. The average Bonchev–Trinajstić information content (AvgIpc) is 3.08. The van der Waals surface area contributed by atoms with Gasteiger partial charge in [-0.25, -0.2) is 4.98 Å². The lowest BCUT2D eigenvalue weighted by atomic mass is 10.2. The Kier molecular flexibility index (Phi) is 4.36. The van der Waals surface area contributed by atoms with Crippen molar-refractivity contribution in [3.05, 3.63) is 11.6 Å². The molecule has 1 aromatic heterocycles. The SMILES string of the molecule is CC(NC(=O)c1n[nH]c(C(C)C)n1)C(=O)N1CCCC1. The van der Waals surface area contributed by atoms with Crippen molar-refractivity contribution in [2.75, 3.05) is 13.1 Å². The largest absolute Gasteiger partial charge is 0.341 e. The zero-order valence-corrected chi connectivity index (χ0v) is 12.1. The number of aromatic amines is 1. The molecule has 7 heteroatoms. The van der Waals surface area contributed by atoms with E-state index in [1.54, 1.807) is 11.8 Å². The average molecular weight is 279 g/mol. The van der Waals surface area contributed by atoms with Crippen molar-refractivity contribution < 1.29 is 9.59 Å². The van der Waals surface area contributed by atoms with Gasteiger partial charge in [-0.15, -0.1) is 5.10 Å². The molecule has 1 atom stereocenters. The summed E-state index contributed by atoms with van der Waals surface area (Å²) >= 11 is 0. The molecule has 20 heavy (non-hydrogen) atoms. The zero-order chi connectivity index (χ0) is 14.7. The molecule has 0 aromatic carbocycles. The highest BCUT2D eigenvalue weighted by atomic mass is 16.2. The Morgan fingerprint density at radius 1 is 1.25 bits per heavy atom. The third-order valence-corrected chi connectivity index (χ3v) is 3.39. The van der Waals surface area contributed by atoms with Gasteiger partial charge in [0.1, 0.15) is 11.9 Å². The fourth-order valence-corrected chi connectivity index (χ4v) is 2.17. The van der Waals surface area contributed by atoms with E-state index in [9.17, 15) is 9.59 Å². The van der Waals surface area contributed by atoms with Crippen LogP contribution >= 0.6 is 0 Å². The molecular formula is C13H21N5O2. The van der Waals surface area contributed by atoms with Crippen LogP contribution in [0.4, 0.5) is 0 Å². The Balaban J connectivity index is 1.94. The highest BCUT2D eigenvalue weighted by molar-refractivity contribution is 5.94. The highest BCUT2D eigenvalue weighted by Crippen LogP contribution is 2.10. The fraction of sp³-hybridized carbons (Fsp3) is 0.692. The van der Waals surface area contributed by atoms with Crippen LogP contribution in [0.3, 0.4) is 0 Å². The predicted octanol–water partition coefficient (Wildman–Crippen LogP) is 0.669. The molecule has 0 radical (unpaired) electrons. The van der Waals surface area contributed by atoms with E-state index in [1.165, 1.54) is 0 Å². The van der Waals surface area contributed by atoms with Crippen molar-refractivity contribution in [3.63, 3.8) is 0 Å². The van der Waals surface area contributed by atoms with Gasteiger partial charge in [0.15, 0.2) is 0 Å². The van der Waals surface area contributed by atoms with Gasteiger partial charge in [-0.2, -0.15) is 0 Å². The molecule has 1 unspecified atom stereocenters. The molecule has 0 bridgehead atoms. The van der Waals surface area contributed by atoms with Gasteiger partial charge in [0, 0.05) is 19.0 Å². The van der Waals surface area contributed by atoms with Crippen molar-refractivity contribution in [1.29, 1.82) is 0 Å². The van der Waals surface area contributed by atoms with Crippen molar-refractivity contribution in [2.24, 2.45) is 0 Å². The number of nitrogens with zero attached hydrogens (tertiary/aromatic N) is 3. The molecule has 2 rings (SSSR count). The Morgan fingerprint density at radius 2 is 1.90 bits per heavy atom. The lowest BCUT2D eigenvalue weighted by Crippen LogP contribution is -2.46. The van der Waals surface area contributed by atoms with E-state index in [2.05, 4.69) is 20.5 Å². The Labute approximate surface area is 118 Å². The Bertz CT molecular complexity index is 491. The van der Waals surface area contributed by atoms with Gasteiger partial charge in [-0.1, -0.05) is 13.8 Å². The molecule has 1 aliphatic rings. The number of carbonyl (C=O) groups excluding carboxylic acids is 2. The van der Waals surface area contributed by atoms with Crippen LogP contribution in [0.15, 0.2) is 0 Å². The summed E-state index contributed by atoms with van der Waals surface area (Å²) in [5.74, 6) is 0.444. The number of hydrogen-bond donors (Lipinski definition) is 2. The molecule has 1 aromatic rings. The first kappa shape index (κ1) is 14.5. The molecule has 2 N–H and O–H groups in total. The van der Waals surface area contributed by atoms with Gasteiger partial charge >= 0.3 is 0 Å². The number of rotatable bonds is 4. The molecule has 2 amide bonds. The summed E-state index contributed by atoms with van der Waals surface area (Å²) in [4.78, 5) is 30.0. The quantitative estimate of drug-likeness (QED) is 0.847. The zero-order valence-electron chi connectivity index (χ0n) is 12.1. The number of nitrogens with one attached hydrogen (secondary N) is 2. The van der Waals surface area contributed by atoms with Crippen molar-refractivity contribution in [2.45, 2.75) is 45.6 Å². The van der Waals surface area contributed by atoms with Crippen LogP contribution in [0.5, 0.6) is 0 Å². The maximum atomic E-state index is 12.1. The Hall–Kier alpha value is -1.92. The topological polar surface area (TPSA) is 91.0 Å². The summed E-state index contributed by atoms with van der Waals surface area (Å²) in [6, 6.07) is -0.554. The lowest BCUT2D eigenvalue weighted by molar-refractivity contribution is -0.131. The van der Waals surface area contributed by atoms with Crippen LogP contribution in [0.1, 0.15) is 56.0 Å². The van der Waals surface area contributed by atoms with Crippen molar-refractivity contribution in [1.82, 2.24) is 25.4 Å². The van der Waals surface area contributed by atoms with Crippen LogP contribution in [0.25, 0.3) is 0 Å². The first-order valence-corrected chi connectivity index (χ1v) is 7.01. The van der Waals surface area contributed by atoms with Gasteiger partial charge in [0.25, 0.3) is 5.91 Å². The molecule has 110 valence electrons. The van der Waals surface area contributed by atoms with E-state index < -0.39 is 11.9 Å². The molecule has 0 aliphatic carbocycles.